The first-order chi connectivity index (χ1) is 7.13. The molecule has 0 unspecified atom stereocenters. The van der Waals surface area contributed by atoms with Crippen LogP contribution in [-0.4, -0.2) is 18.1 Å². The number of rotatable bonds is 3. The summed E-state index contributed by atoms with van der Waals surface area (Å²) in [6.45, 7) is 5.49. The molecule has 0 fully saturated rings. The van der Waals surface area contributed by atoms with Crippen molar-refractivity contribution in [3.05, 3.63) is 21.8 Å². The van der Waals surface area contributed by atoms with Gasteiger partial charge in [0.1, 0.15) is 22.6 Å². The normalized spacial score (nSPS) is 9.80. The van der Waals surface area contributed by atoms with Gasteiger partial charge in [-0.25, -0.2) is 4.98 Å². The number of pyridine rings is 1. The van der Waals surface area contributed by atoms with Crippen LogP contribution in [0.15, 0.2) is 6.07 Å². The van der Waals surface area contributed by atoms with Crippen molar-refractivity contribution in [2.45, 2.75) is 13.8 Å². The quantitative estimate of drug-likeness (QED) is 0.767. The molecule has 1 rings (SSSR count). The molecule has 0 aliphatic carbocycles. The Morgan fingerprint density at radius 2 is 2.00 bits per heavy atom. The Morgan fingerprint density at radius 1 is 1.40 bits per heavy atom. The number of anilines is 1. The fourth-order valence-corrected chi connectivity index (χ4v) is 1.80. The highest BCUT2D eigenvalue weighted by molar-refractivity contribution is 6.35. The molecule has 15 heavy (non-hydrogen) atoms. The number of nitrogens with zero attached hydrogens (tertiary/aromatic N) is 3. The Bertz CT molecular complexity index is 394. The first-order valence-corrected chi connectivity index (χ1v) is 5.40. The van der Waals surface area contributed by atoms with Crippen molar-refractivity contribution in [3.8, 4) is 6.07 Å². The highest BCUT2D eigenvalue weighted by atomic mass is 35.5. The van der Waals surface area contributed by atoms with Gasteiger partial charge in [-0.3, -0.25) is 0 Å². The van der Waals surface area contributed by atoms with Crippen LogP contribution < -0.4 is 4.90 Å². The summed E-state index contributed by atoms with van der Waals surface area (Å²) in [6, 6.07) is 3.53. The molecule has 0 aromatic carbocycles. The van der Waals surface area contributed by atoms with Gasteiger partial charge in [0.25, 0.3) is 0 Å². The zero-order valence-electron chi connectivity index (χ0n) is 8.59. The molecule has 0 bridgehead atoms. The smallest absolute Gasteiger partial charge is 0.149 e. The van der Waals surface area contributed by atoms with Crippen molar-refractivity contribution in [2.75, 3.05) is 18.0 Å². The van der Waals surface area contributed by atoms with Crippen molar-refractivity contribution >= 4 is 29.0 Å². The minimum absolute atomic E-state index is 0.306. The zero-order chi connectivity index (χ0) is 11.4. The van der Waals surface area contributed by atoms with E-state index in [1.165, 1.54) is 6.07 Å². The summed E-state index contributed by atoms with van der Waals surface area (Å²) >= 11 is 11.7. The first-order valence-electron chi connectivity index (χ1n) is 4.65. The third kappa shape index (κ3) is 2.53. The van der Waals surface area contributed by atoms with Gasteiger partial charge in [-0.2, -0.15) is 5.26 Å². The van der Waals surface area contributed by atoms with Gasteiger partial charge in [-0.05, 0) is 19.9 Å². The number of nitriles is 1. The molecule has 0 radical (unpaired) electrons. The fraction of sp³-hybridized carbons (Fsp3) is 0.400. The molecule has 0 aliphatic heterocycles. The van der Waals surface area contributed by atoms with Crippen LogP contribution in [0, 0.1) is 11.3 Å². The maximum Gasteiger partial charge on any atom is 0.149 e. The molecule has 0 spiro atoms. The Balaban J connectivity index is 3.32. The van der Waals surface area contributed by atoms with E-state index >= 15 is 0 Å². The summed E-state index contributed by atoms with van der Waals surface area (Å²) in [7, 11) is 0. The Hall–Kier alpha value is -0.980. The molecule has 0 saturated heterocycles. The second-order valence-electron chi connectivity index (χ2n) is 2.91. The lowest BCUT2D eigenvalue weighted by atomic mass is 10.2. The van der Waals surface area contributed by atoms with Crippen LogP contribution in [0.3, 0.4) is 0 Å². The Labute approximate surface area is 99.2 Å². The standard InChI is InChI=1S/C10H11Cl2N3/c1-3-15(4-2)10-7(6-13)8(11)5-9(12)14-10/h5H,3-4H2,1-2H3. The lowest BCUT2D eigenvalue weighted by Gasteiger charge is -2.21. The molecule has 0 atom stereocenters. The molecule has 1 aromatic heterocycles. The predicted molar refractivity (Wildman–Crippen MR) is 62.5 cm³/mol. The third-order valence-corrected chi connectivity index (χ3v) is 2.59. The van der Waals surface area contributed by atoms with E-state index in [9.17, 15) is 0 Å². The van der Waals surface area contributed by atoms with Crippen molar-refractivity contribution in [1.82, 2.24) is 4.98 Å². The molecule has 0 N–H and O–H groups in total. The van der Waals surface area contributed by atoms with Crippen LogP contribution in [0.2, 0.25) is 10.2 Å². The summed E-state index contributed by atoms with van der Waals surface area (Å²) in [5.74, 6) is 0.556. The van der Waals surface area contributed by atoms with Crippen molar-refractivity contribution in [1.29, 1.82) is 5.26 Å². The van der Waals surface area contributed by atoms with Crippen LogP contribution in [0.1, 0.15) is 19.4 Å². The molecule has 5 heteroatoms. The lowest BCUT2D eigenvalue weighted by molar-refractivity contribution is 0.844. The molecule has 1 heterocycles. The Morgan fingerprint density at radius 3 is 2.47 bits per heavy atom. The number of hydrogen-bond acceptors (Lipinski definition) is 3. The average Bonchev–Trinajstić information content (AvgIpc) is 2.19. The van der Waals surface area contributed by atoms with Crippen molar-refractivity contribution in [3.63, 3.8) is 0 Å². The van der Waals surface area contributed by atoms with Gasteiger partial charge >= 0.3 is 0 Å². The highest BCUT2D eigenvalue weighted by Gasteiger charge is 2.14. The van der Waals surface area contributed by atoms with Crippen molar-refractivity contribution < 1.29 is 0 Å². The molecular weight excluding hydrogens is 233 g/mol. The van der Waals surface area contributed by atoms with Crippen LogP contribution in [0.5, 0.6) is 0 Å². The second-order valence-corrected chi connectivity index (χ2v) is 3.70. The van der Waals surface area contributed by atoms with Gasteiger partial charge in [0.15, 0.2) is 0 Å². The highest BCUT2D eigenvalue weighted by Crippen LogP contribution is 2.27. The van der Waals surface area contributed by atoms with Crippen molar-refractivity contribution in [2.24, 2.45) is 0 Å². The minimum Gasteiger partial charge on any atom is -0.356 e. The van der Waals surface area contributed by atoms with Crippen LogP contribution >= 0.6 is 23.2 Å². The van der Waals surface area contributed by atoms with Crippen LogP contribution in [0.25, 0.3) is 0 Å². The minimum atomic E-state index is 0.306. The van der Waals surface area contributed by atoms with E-state index in [-0.39, 0.29) is 0 Å². The summed E-state index contributed by atoms with van der Waals surface area (Å²) in [5, 5.41) is 9.64. The maximum atomic E-state index is 8.99. The zero-order valence-corrected chi connectivity index (χ0v) is 10.1. The predicted octanol–water partition coefficient (Wildman–Crippen LogP) is 3.11. The largest absolute Gasteiger partial charge is 0.356 e. The van der Waals surface area contributed by atoms with E-state index in [1.54, 1.807) is 0 Å². The lowest BCUT2D eigenvalue weighted by Crippen LogP contribution is -2.24. The molecule has 0 amide bonds. The third-order valence-electron chi connectivity index (χ3n) is 2.10. The summed E-state index contributed by atoms with van der Waals surface area (Å²) in [6.07, 6.45) is 0. The molecule has 0 aliphatic rings. The van der Waals surface area contributed by atoms with Gasteiger partial charge in [0, 0.05) is 13.1 Å². The first kappa shape index (κ1) is 12.1. The topological polar surface area (TPSA) is 39.9 Å². The van der Waals surface area contributed by atoms with E-state index in [0.29, 0.717) is 21.6 Å². The summed E-state index contributed by atoms with van der Waals surface area (Å²) in [5.41, 5.74) is 0.379. The number of aromatic nitrogens is 1. The van der Waals surface area contributed by atoms with Gasteiger partial charge in [0.05, 0.1) is 5.02 Å². The SMILES string of the molecule is CCN(CC)c1nc(Cl)cc(Cl)c1C#N. The summed E-state index contributed by atoms with van der Waals surface area (Å²) < 4.78 is 0. The van der Waals surface area contributed by atoms with E-state index in [4.69, 9.17) is 28.5 Å². The number of halogens is 2. The average molecular weight is 244 g/mol. The monoisotopic (exact) mass is 243 g/mol. The van der Waals surface area contributed by atoms with E-state index in [0.717, 1.165) is 13.1 Å². The van der Waals surface area contributed by atoms with Gasteiger partial charge in [-0.1, -0.05) is 23.2 Å². The second kappa shape index (κ2) is 5.20. The van der Waals surface area contributed by atoms with Crippen LogP contribution in [0.4, 0.5) is 5.82 Å². The number of hydrogen-bond donors (Lipinski definition) is 0. The molecule has 3 nitrogen and oxygen atoms in total. The van der Waals surface area contributed by atoms with Gasteiger partial charge < -0.3 is 4.90 Å². The molecule has 1 aromatic rings. The molecule has 0 saturated carbocycles. The van der Waals surface area contributed by atoms with Gasteiger partial charge in [0.2, 0.25) is 0 Å². The van der Waals surface area contributed by atoms with Gasteiger partial charge in [-0.15, -0.1) is 0 Å². The summed E-state index contributed by atoms with van der Waals surface area (Å²) in [4.78, 5) is 6.07. The van der Waals surface area contributed by atoms with E-state index < -0.39 is 0 Å². The van der Waals surface area contributed by atoms with Crippen LogP contribution in [-0.2, 0) is 0 Å². The Kier molecular flexibility index (Phi) is 4.19. The maximum absolute atomic E-state index is 8.99. The molecule has 80 valence electrons. The van der Waals surface area contributed by atoms with E-state index in [2.05, 4.69) is 4.98 Å². The molecular formula is C10H11Cl2N3. The fourth-order valence-electron chi connectivity index (χ4n) is 1.33. The van der Waals surface area contributed by atoms with E-state index in [1.807, 2.05) is 24.8 Å².